The number of aliphatic hydroxyl groups is 1. The molecule has 2 aliphatic rings. The molecule has 358 valence electrons. The zero-order valence-corrected chi connectivity index (χ0v) is 41.2. The van der Waals surface area contributed by atoms with Crippen molar-refractivity contribution in [1.82, 2.24) is 58.3 Å². The molecule has 10 heterocycles. The number of para-hydroxylation sites is 2. The van der Waals surface area contributed by atoms with Crippen LogP contribution in [0.2, 0.25) is 10.0 Å². The third-order valence-corrected chi connectivity index (χ3v) is 12.7. The predicted molar refractivity (Wildman–Crippen MR) is 280 cm³/mol. The first-order chi connectivity index (χ1) is 33.1. The molecule has 2 aliphatic heterocycles. The van der Waals surface area contributed by atoms with Crippen LogP contribution in [0.5, 0.6) is 0 Å². The van der Waals surface area contributed by atoms with Gasteiger partial charge in [0, 0.05) is 44.2 Å². The number of carbonyl (C=O) groups excluding carboxylic acids is 1. The number of hydrogen-bond acceptors (Lipinski definition) is 14. The van der Waals surface area contributed by atoms with Crippen molar-refractivity contribution in [1.29, 1.82) is 10.5 Å². The third kappa shape index (κ3) is 8.41. The number of ketones is 1. The zero-order chi connectivity index (χ0) is 46.8. The number of aliphatic hydroxyl groups excluding tert-OH is 1. The second-order valence-electron chi connectivity index (χ2n) is 16.0. The maximum atomic E-state index is 13.6. The Morgan fingerprint density at radius 1 is 0.634 bits per heavy atom. The second-order valence-corrected chi connectivity index (χ2v) is 16.8. The molecular weight excluding hydrogens is 1010 g/mol. The summed E-state index contributed by atoms with van der Waals surface area (Å²) in [6.45, 7) is 0.309. The molecule has 12 rings (SSSR count). The van der Waals surface area contributed by atoms with E-state index in [9.17, 15) is 30.0 Å². The smallest absolute Gasteiger partial charge is 0.284 e. The van der Waals surface area contributed by atoms with E-state index in [0.717, 1.165) is 0 Å². The van der Waals surface area contributed by atoms with Crippen LogP contribution < -0.4 is 20.9 Å². The fourth-order valence-electron chi connectivity index (χ4n) is 9.12. The Hall–Kier alpha value is -7.64. The average molecular weight is 1050 g/mol. The van der Waals surface area contributed by atoms with Crippen LogP contribution in [-0.4, -0.2) is 88.3 Å². The van der Waals surface area contributed by atoms with Gasteiger partial charge in [0.2, 0.25) is 0 Å². The van der Waals surface area contributed by atoms with Gasteiger partial charge < -0.3 is 24.9 Å². The molecule has 8 aromatic heterocycles. The van der Waals surface area contributed by atoms with Crippen molar-refractivity contribution in [3.8, 4) is 23.5 Å². The number of fused-ring (bicyclic) bond motifs is 4. The minimum Gasteiger partial charge on any atom is -0.391 e. The highest BCUT2D eigenvalue weighted by molar-refractivity contribution is 7.59. The van der Waals surface area contributed by atoms with Gasteiger partial charge in [0.15, 0.2) is 17.4 Å². The highest BCUT2D eigenvalue weighted by Crippen LogP contribution is 2.40. The first kappa shape index (κ1) is 49.8. The van der Waals surface area contributed by atoms with Crippen molar-refractivity contribution >= 4 is 114 Å². The SMILES string of the molecule is N#Cc1c[nH]c2ncnc(N3CC(=O)C[C@H]3c3nn4ccc(Cl)c4c(=O)n3-c3ccccc3)c12.N#Cc1c[nH]c2ncnc(N3C[C@@H](O)C[C@H]3c3nn4ccc(Cl)c4c(=O)n3-c3ccccc3)c12.S.S.S. The molecule has 20 nitrogen and oxygen atoms in total. The van der Waals surface area contributed by atoms with Gasteiger partial charge in [-0.1, -0.05) is 59.6 Å². The number of nitriles is 2. The summed E-state index contributed by atoms with van der Waals surface area (Å²) in [4.78, 5) is 66.9. The van der Waals surface area contributed by atoms with Crippen molar-refractivity contribution < 1.29 is 9.90 Å². The van der Waals surface area contributed by atoms with Crippen molar-refractivity contribution in [3.63, 3.8) is 0 Å². The van der Waals surface area contributed by atoms with Gasteiger partial charge in [-0.25, -0.2) is 29.0 Å². The molecule has 2 aromatic carbocycles. The molecule has 0 bridgehead atoms. The number of Topliss-reactive ketones (excluding diaryl/α,β-unsaturated/α-hetero) is 1. The molecule has 0 saturated carbocycles. The van der Waals surface area contributed by atoms with Crippen molar-refractivity contribution in [2.75, 3.05) is 22.9 Å². The largest absolute Gasteiger partial charge is 0.391 e. The van der Waals surface area contributed by atoms with Gasteiger partial charge in [0.25, 0.3) is 11.1 Å². The van der Waals surface area contributed by atoms with E-state index in [-0.39, 0.29) is 93.0 Å². The van der Waals surface area contributed by atoms with E-state index < -0.39 is 18.2 Å². The van der Waals surface area contributed by atoms with Gasteiger partial charge in [-0.15, -0.1) is 0 Å². The number of rotatable bonds is 6. The normalized spacial score (nSPS) is 16.3. The van der Waals surface area contributed by atoms with Crippen molar-refractivity contribution in [2.45, 2.75) is 31.0 Å². The van der Waals surface area contributed by atoms with Crippen LogP contribution in [0.25, 0.3) is 44.5 Å². The lowest BCUT2D eigenvalue weighted by molar-refractivity contribution is -0.116. The molecule has 10 aromatic rings. The maximum absolute atomic E-state index is 13.6. The van der Waals surface area contributed by atoms with E-state index in [1.54, 1.807) is 54.0 Å². The second kappa shape index (κ2) is 20.0. The molecule has 25 heteroatoms. The van der Waals surface area contributed by atoms with Crippen LogP contribution in [0.4, 0.5) is 11.6 Å². The van der Waals surface area contributed by atoms with E-state index in [2.05, 4.69) is 42.0 Å². The van der Waals surface area contributed by atoms with Gasteiger partial charge >= 0.3 is 0 Å². The van der Waals surface area contributed by atoms with E-state index >= 15 is 0 Å². The van der Waals surface area contributed by atoms with Gasteiger partial charge in [-0.2, -0.15) is 61.2 Å². The number of aromatic amines is 2. The van der Waals surface area contributed by atoms with Crippen LogP contribution >= 0.6 is 63.7 Å². The summed E-state index contributed by atoms with van der Waals surface area (Å²) in [6, 6.07) is 24.7. The fourth-order valence-corrected chi connectivity index (χ4v) is 9.57. The number of halogens is 2. The van der Waals surface area contributed by atoms with Crippen LogP contribution in [0.1, 0.15) is 47.7 Å². The number of carbonyl (C=O) groups is 1. The van der Waals surface area contributed by atoms with Gasteiger partial charge in [0.1, 0.15) is 58.8 Å². The number of H-pyrrole nitrogens is 2. The number of nitrogens with zero attached hydrogens (tertiary/aromatic N) is 14. The Morgan fingerprint density at radius 2 is 1.10 bits per heavy atom. The topological polar surface area (TPSA) is 253 Å². The van der Waals surface area contributed by atoms with Gasteiger partial charge in [0.05, 0.1) is 68.1 Å². The van der Waals surface area contributed by atoms with Crippen LogP contribution in [0.3, 0.4) is 0 Å². The Morgan fingerprint density at radius 3 is 1.58 bits per heavy atom. The summed E-state index contributed by atoms with van der Waals surface area (Å²) >= 11 is 12.6. The molecule has 0 aliphatic carbocycles. The maximum Gasteiger partial charge on any atom is 0.284 e. The Labute approximate surface area is 431 Å². The van der Waals surface area contributed by atoms with Crippen molar-refractivity contribution in [2.24, 2.45) is 0 Å². The van der Waals surface area contributed by atoms with Crippen LogP contribution in [0.15, 0.2) is 120 Å². The van der Waals surface area contributed by atoms with Crippen LogP contribution in [0, 0.1) is 22.7 Å². The Kier molecular flexibility index (Phi) is 14.0. The zero-order valence-electron chi connectivity index (χ0n) is 36.6. The molecule has 0 unspecified atom stereocenters. The Balaban J connectivity index is 0.000000183. The summed E-state index contributed by atoms with van der Waals surface area (Å²) in [5.41, 5.74) is 2.83. The molecule has 0 spiro atoms. The van der Waals surface area contributed by atoms with Crippen LogP contribution in [-0.2, 0) is 4.79 Å². The summed E-state index contributed by atoms with van der Waals surface area (Å²) in [6.07, 6.45) is 8.92. The molecule has 2 saturated heterocycles. The summed E-state index contributed by atoms with van der Waals surface area (Å²) in [5.74, 6) is 1.67. The number of hydrogen-bond donors (Lipinski definition) is 3. The van der Waals surface area contributed by atoms with Crippen molar-refractivity contribution in [3.05, 3.63) is 164 Å². The molecule has 2 fully saturated rings. The minimum atomic E-state index is -0.690. The molecular formula is C46H38Cl2N16O4S3. The Bertz CT molecular complexity index is 3860. The summed E-state index contributed by atoms with van der Waals surface area (Å²) in [7, 11) is 0. The number of benzene rings is 2. The minimum absolute atomic E-state index is 0. The molecule has 0 amide bonds. The fraction of sp³-hybridized carbons (Fsp3) is 0.152. The standard InChI is InChI=1S/C23H17ClN8O2.C23H15ClN8O2.3H2S/c2*24-16-6-7-31-19(16)23(34)32(14-4-2-1-3-5-14)21(29-31)17-8-15(33)11-30(17)22-18-13(9-25)10-26-20(18)27-12-28-22;;;/h1-7,10,12,15,17,33H,8,11H2,(H,26,27,28);1-7,10,12,17H,8,11H2,(H,26,27,28);3*1H2/t15-,17-;17-;;;/m00.../s1. The van der Waals surface area contributed by atoms with Gasteiger partial charge in [-0.3, -0.25) is 23.5 Å². The summed E-state index contributed by atoms with van der Waals surface area (Å²) < 4.78 is 5.91. The van der Waals surface area contributed by atoms with E-state index in [1.165, 1.54) is 30.8 Å². The predicted octanol–water partition coefficient (Wildman–Crippen LogP) is 5.73. The van der Waals surface area contributed by atoms with E-state index in [1.807, 2.05) is 53.4 Å². The van der Waals surface area contributed by atoms with E-state index in [4.69, 9.17) is 33.4 Å². The number of nitrogens with one attached hydrogen (secondary N) is 2. The first-order valence-electron chi connectivity index (χ1n) is 21.0. The first-order valence-corrected chi connectivity index (χ1v) is 21.8. The summed E-state index contributed by atoms with van der Waals surface area (Å²) in [5, 5.41) is 41.0. The third-order valence-electron chi connectivity index (χ3n) is 12.1. The lowest BCUT2D eigenvalue weighted by Crippen LogP contribution is -2.33. The number of anilines is 2. The highest BCUT2D eigenvalue weighted by Gasteiger charge is 2.40. The molecule has 3 N–H and O–H groups in total. The molecule has 71 heavy (non-hydrogen) atoms. The quantitative estimate of drug-likeness (QED) is 0.180. The molecule has 0 radical (unpaired) electrons. The average Bonchev–Trinajstić information content (AvgIpc) is 4.23. The molecule has 3 atom stereocenters. The monoisotopic (exact) mass is 1040 g/mol. The number of aromatic nitrogens is 12. The lowest BCUT2D eigenvalue weighted by Gasteiger charge is -2.27. The lowest BCUT2D eigenvalue weighted by atomic mass is 10.1. The highest BCUT2D eigenvalue weighted by atomic mass is 35.5. The van der Waals surface area contributed by atoms with Gasteiger partial charge in [-0.05, 0) is 36.4 Å². The number of β-amino-alcohol motifs (C(OH)–C–C–N with tert-alkyl or cyclic N) is 1. The van der Waals surface area contributed by atoms with E-state index in [0.29, 0.717) is 79.3 Å².